The van der Waals surface area contributed by atoms with Crippen molar-refractivity contribution in [1.29, 1.82) is 0 Å². The normalized spacial score (nSPS) is 23.7. The molecule has 156 valence electrons. The zero-order valence-corrected chi connectivity index (χ0v) is 16.7. The molecule has 2 N–H and O–H groups in total. The van der Waals surface area contributed by atoms with Crippen molar-refractivity contribution in [2.45, 2.75) is 56.9 Å². The molecule has 2 heterocycles. The van der Waals surface area contributed by atoms with Crippen LogP contribution in [0.25, 0.3) is 0 Å². The largest absolute Gasteiger partial charge is 0.481 e. The van der Waals surface area contributed by atoms with Crippen molar-refractivity contribution in [1.82, 2.24) is 4.90 Å². The minimum Gasteiger partial charge on any atom is -0.481 e. The second-order valence-electron chi connectivity index (χ2n) is 8.61. The average Bonchev–Trinajstić information content (AvgIpc) is 3.18. The first kappa shape index (κ1) is 19.9. The summed E-state index contributed by atoms with van der Waals surface area (Å²) >= 11 is 0. The smallest absolute Gasteiger partial charge is 0.303 e. The summed E-state index contributed by atoms with van der Waals surface area (Å²) in [6.45, 7) is 1.85. The number of piperidine rings is 1. The number of rotatable bonds is 5. The zero-order chi connectivity index (χ0) is 20.4. The van der Waals surface area contributed by atoms with Crippen LogP contribution in [-0.4, -0.2) is 53.0 Å². The molecular formula is C22H29N3O4. The number of anilines is 2. The summed E-state index contributed by atoms with van der Waals surface area (Å²) in [5.74, 6) is -0.560. The summed E-state index contributed by atoms with van der Waals surface area (Å²) in [7, 11) is 0. The van der Waals surface area contributed by atoms with E-state index in [0.717, 1.165) is 44.5 Å². The molecule has 1 atom stereocenters. The summed E-state index contributed by atoms with van der Waals surface area (Å²) < 4.78 is 0. The standard InChI is InChI=1S/C22H29N3O4/c26-19(15-24-13-5-6-16(14-24)9-10-20(27)28)25-18-8-2-1-7-17(18)23-21(29)22(25)11-3-4-12-22/h1-2,7-8,16H,3-6,9-15H2,(H,23,29)(H,27,28). The Morgan fingerprint density at radius 3 is 2.69 bits per heavy atom. The van der Waals surface area contributed by atoms with Crippen LogP contribution in [0.3, 0.4) is 0 Å². The second-order valence-corrected chi connectivity index (χ2v) is 8.61. The Balaban J connectivity index is 1.53. The molecule has 3 aliphatic rings. The minimum atomic E-state index is -0.774. The van der Waals surface area contributed by atoms with Crippen LogP contribution < -0.4 is 10.2 Å². The number of carbonyl (C=O) groups excluding carboxylic acids is 2. The molecule has 1 aliphatic carbocycles. The molecule has 1 saturated heterocycles. The van der Waals surface area contributed by atoms with Gasteiger partial charge in [-0.25, -0.2) is 0 Å². The molecule has 29 heavy (non-hydrogen) atoms. The molecule has 1 saturated carbocycles. The molecule has 7 nitrogen and oxygen atoms in total. The van der Waals surface area contributed by atoms with E-state index in [9.17, 15) is 14.4 Å². The van der Waals surface area contributed by atoms with Crippen molar-refractivity contribution in [3.8, 4) is 0 Å². The van der Waals surface area contributed by atoms with Crippen molar-refractivity contribution in [2.24, 2.45) is 5.92 Å². The third-order valence-corrected chi connectivity index (χ3v) is 6.65. The van der Waals surface area contributed by atoms with Crippen molar-refractivity contribution in [2.75, 3.05) is 29.9 Å². The van der Waals surface area contributed by atoms with E-state index in [2.05, 4.69) is 10.2 Å². The summed E-state index contributed by atoms with van der Waals surface area (Å²) in [5.41, 5.74) is 0.712. The van der Waals surface area contributed by atoms with E-state index in [1.54, 1.807) is 4.90 Å². The number of fused-ring (bicyclic) bond motifs is 1. The highest BCUT2D eigenvalue weighted by molar-refractivity contribution is 6.15. The highest BCUT2D eigenvalue weighted by Crippen LogP contribution is 2.45. The van der Waals surface area contributed by atoms with Gasteiger partial charge in [0.05, 0.1) is 17.9 Å². The first-order chi connectivity index (χ1) is 14.0. The summed E-state index contributed by atoms with van der Waals surface area (Å²) in [4.78, 5) is 41.3. The van der Waals surface area contributed by atoms with Crippen LogP contribution in [-0.2, 0) is 14.4 Å². The number of carbonyl (C=O) groups is 3. The van der Waals surface area contributed by atoms with Gasteiger partial charge in [0, 0.05) is 13.0 Å². The van der Waals surface area contributed by atoms with Crippen LogP contribution in [0.4, 0.5) is 11.4 Å². The van der Waals surface area contributed by atoms with Gasteiger partial charge < -0.3 is 10.4 Å². The van der Waals surface area contributed by atoms with Crippen molar-refractivity contribution in [3.63, 3.8) is 0 Å². The number of amides is 2. The third-order valence-electron chi connectivity index (χ3n) is 6.65. The molecule has 1 spiro atoms. The Morgan fingerprint density at radius 1 is 1.17 bits per heavy atom. The maximum Gasteiger partial charge on any atom is 0.303 e. The number of carboxylic acids is 1. The van der Waals surface area contributed by atoms with Crippen LogP contribution in [0.5, 0.6) is 0 Å². The van der Waals surface area contributed by atoms with Crippen molar-refractivity contribution >= 4 is 29.2 Å². The van der Waals surface area contributed by atoms with Crippen LogP contribution in [0.15, 0.2) is 24.3 Å². The van der Waals surface area contributed by atoms with Crippen LogP contribution >= 0.6 is 0 Å². The van der Waals surface area contributed by atoms with E-state index in [4.69, 9.17) is 5.11 Å². The summed E-state index contributed by atoms with van der Waals surface area (Å²) in [6.07, 6.45) is 6.09. The van der Waals surface area contributed by atoms with E-state index in [1.165, 1.54) is 0 Å². The number of hydrogen-bond donors (Lipinski definition) is 2. The Hall–Kier alpha value is -2.41. The predicted molar refractivity (Wildman–Crippen MR) is 110 cm³/mol. The highest BCUT2D eigenvalue weighted by atomic mass is 16.4. The topological polar surface area (TPSA) is 89.9 Å². The molecule has 7 heteroatoms. The molecule has 1 unspecified atom stereocenters. The molecule has 0 aromatic heterocycles. The average molecular weight is 399 g/mol. The number of likely N-dealkylation sites (tertiary alicyclic amines) is 1. The van der Waals surface area contributed by atoms with E-state index < -0.39 is 11.5 Å². The fourth-order valence-electron chi connectivity index (χ4n) is 5.25. The first-order valence-corrected chi connectivity index (χ1v) is 10.7. The van der Waals surface area contributed by atoms with Crippen LogP contribution in [0.1, 0.15) is 51.4 Å². The van der Waals surface area contributed by atoms with Gasteiger partial charge in [0.2, 0.25) is 5.91 Å². The molecule has 1 aromatic rings. The first-order valence-electron chi connectivity index (χ1n) is 10.7. The lowest BCUT2D eigenvalue weighted by molar-refractivity contribution is -0.137. The Bertz CT molecular complexity index is 803. The molecular weight excluding hydrogens is 370 g/mol. The number of para-hydroxylation sites is 2. The van der Waals surface area contributed by atoms with E-state index in [-0.39, 0.29) is 24.8 Å². The van der Waals surface area contributed by atoms with Crippen molar-refractivity contribution in [3.05, 3.63) is 24.3 Å². The van der Waals surface area contributed by atoms with Gasteiger partial charge in [-0.05, 0) is 56.7 Å². The Kier molecular flexibility index (Phi) is 5.58. The fraction of sp³-hybridized carbons (Fsp3) is 0.591. The highest BCUT2D eigenvalue weighted by Gasteiger charge is 2.52. The van der Waals surface area contributed by atoms with Crippen LogP contribution in [0.2, 0.25) is 0 Å². The molecule has 1 aromatic carbocycles. The zero-order valence-electron chi connectivity index (χ0n) is 16.7. The number of benzene rings is 1. The number of nitrogens with one attached hydrogen (secondary N) is 1. The SMILES string of the molecule is O=C(O)CCC1CCCN(CC(=O)N2c3ccccc3NC(=O)C23CCCC3)C1. The van der Waals surface area contributed by atoms with Gasteiger partial charge in [-0.2, -0.15) is 0 Å². The molecule has 2 amide bonds. The lowest BCUT2D eigenvalue weighted by Gasteiger charge is -2.45. The number of aliphatic carboxylic acids is 1. The maximum absolute atomic E-state index is 13.5. The van der Waals surface area contributed by atoms with E-state index in [0.29, 0.717) is 30.9 Å². The van der Waals surface area contributed by atoms with Gasteiger partial charge in [-0.1, -0.05) is 25.0 Å². The lowest BCUT2D eigenvalue weighted by atomic mass is 9.89. The number of nitrogens with zero attached hydrogens (tertiary/aromatic N) is 2. The predicted octanol–water partition coefficient (Wildman–Crippen LogP) is 2.86. The van der Waals surface area contributed by atoms with E-state index in [1.807, 2.05) is 24.3 Å². The van der Waals surface area contributed by atoms with Crippen LogP contribution in [0, 0.1) is 5.92 Å². The van der Waals surface area contributed by atoms with Gasteiger partial charge in [0.15, 0.2) is 0 Å². The van der Waals surface area contributed by atoms with Gasteiger partial charge in [-0.3, -0.25) is 24.2 Å². The molecule has 2 aliphatic heterocycles. The van der Waals surface area contributed by atoms with Crippen molar-refractivity contribution < 1.29 is 19.5 Å². The molecule has 0 bridgehead atoms. The van der Waals surface area contributed by atoms with Gasteiger partial charge in [0.1, 0.15) is 5.54 Å². The maximum atomic E-state index is 13.5. The van der Waals surface area contributed by atoms with E-state index >= 15 is 0 Å². The Morgan fingerprint density at radius 2 is 1.93 bits per heavy atom. The minimum absolute atomic E-state index is 0.0342. The number of hydrogen-bond acceptors (Lipinski definition) is 4. The lowest BCUT2D eigenvalue weighted by Crippen LogP contribution is -2.62. The van der Waals surface area contributed by atoms with Gasteiger partial charge >= 0.3 is 5.97 Å². The molecule has 2 fully saturated rings. The quantitative estimate of drug-likeness (QED) is 0.795. The van der Waals surface area contributed by atoms with Gasteiger partial charge in [-0.15, -0.1) is 0 Å². The monoisotopic (exact) mass is 399 g/mol. The summed E-state index contributed by atoms with van der Waals surface area (Å²) in [5, 5.41) is 12.0. The second kappa shape index (κ2) is 8.14. The Labute approximate surface area is 171 Å². The molecule has 0 radical (unpaired) electrons. The fourth-order valence-corrected chi connectivity index (χ4v) is 5.25. The third kappa shape index (κ3) is 3.88. The summed E-state index contributed by atoms with van der Waals surface area (Å²) in [6, 6.07) is 7.53. The molecule has 4 rings (SSSR count). The number of carboxylic acid groups (broad SMARTS) is 1. The van der Waals surface area contributed by atoms with Gasteiger partial charge in [0.25, 0.3) is 5.91 Å².